The van der Waals surface area contributed by atoms with E-state index in [0.29, 0.717) is 26.1 Å². The second kappa shape index (κ2) is 7.51. The van der Waals surface area contributed by atoms with Crippen LogP contribution < -0.4 is 15.0 Å². The van der Waals surface area contributed by atoms with Crippen LogP contribution in [0.2, 0.25) is 0 Å². The fourth-order valence-electron chi connectivity index (χ4n) is 3.32. The Hall–Kier alpha value is -1.96. The van der Waals surface area contributed by atoms with E-state index in [1.807, 2.05) is 31.2 Å². The zero-order valence-corrected chi connectivity index (χ0v) is 15.3. The fraction of sp³-hybridized carbons (Fsp3) is 0.588. The Morgan fingerprint density at radius 2 is 1.96 bits per heavy atom. The van der Waals surface area contributed by atoms with E-state index in [0.717, 1.165) is 24.5 Å². The normalized spacial score (nSPS) is 22.7. The number of nitrogens with one attached hydrogen (secondary N) is 1. The molecule has 1 N–H and O–H groups in total. The molecule has 1 aromatic rings. The highest BCUT2D eigenvalue weighted by Gasteiger charge is 2.31. The van der Waals surface area contributed by atoms with E-state index < -0.39 is 9.84 Å². The molecule has 0 saturated carbocycles. The maximum atomic E-state index is 12.4. The minimum Gasteiger partial charge on any atom is -0.492 e. The number of carbonyl (C=O) groups excluding carboxylic acids is 1. The lowest BCUT2D eigenvalue weighted by Crippen LogP contribution is -2.53. The Bertz CT molecular complexity index is 714. The van der Waals surface area contributed by atoms with Crippen LogP contribution in [0.5, 0.6) is 5.75 Å². The minimum absolute atomic E-state index is 0.0560. The van der Waals surface area contributed by atoms with Crippen LogP contribution in [0.15, 0.2) is 24.3 Å². The molecule has 2 heterocycles. The van der Waals surface area contributed by atoms with Gasteiger partial charge >= 0.3 is 6.03 Å². The Morgan fingerprint density at radius 1 is 1.24 bits per heavy atom. The molecule has 1 atom stereocenters. The van der Waals surface area contributed by atoms with Gasteiger partial charge < -0.3 is 19.9 Å². The van der Waals surface area contributed by atoms with Crippen LogP contribution in [0, 0.1) is 0 Å². The number of piperazine rings is 1. The van der Waals surface area contributed by atoms with Gasteiger partial charge in [0.15, 0.2) is 9.84 Å². The third kappa shape index (κ3) is 4.36. The number of hydrogen-bond acceptors (Lipinski definition) is 5. The second-order valence-corrected chi connectivity index (χ2v) is 8.65. The molecule has 1 unspecified atom stereocenters. The van der Waals surface area contributed by atoms with Gasteiger partial charge in [0.2, 0.25) is 0 Å². The second-order valence-electron chi connectivity index (χ2n) is 6.42. The fourth-order valence-corrected chi connectivity index (χ4v) is 4.99. The number of benzene rings is 1. The monoisotopic (exact) mass is 367 g/mol. The highest BCUT2D eigenvalue weighted by atomic mass is 32.2. The van der Waals surface area contributed by atoms with Crippen molar-refractivity contribution in [3.63, 3.8) is 0 Å². The predicted molar refractivity (Wildman–Crippen MR) is 97.0 cm³/mol. The van der Waals surface area contributed by atoms with Gasteiger partial charge in [-0.3, -0.25) is 0 Å². The summed E-state index contributed by atoms with van der Waals surface area (Å²) in [6, 6.07) is 7.50. The van der Waals surface area contributed by atoms with E-state index in [4.69, 9.17) is 4.74 Å². The van der Waals surface area contributed by atoms with Crippen LogP contribution in [0.4, 0.5) is 10.5 Å². The molecule has 0 radical (unpaired) electrons. The van der Waals surface area contributed by atoms with Crippen LogP contribution in [-0.2, 0) is 9.84 Å². The summed E-state index contributed by atoms with van der Waals surface area (Å²) in [5, 5.41) is 2.86. The van der Waals surface area contributed by atoms with Gasteiger partial charge in [0, 0.05) is 32.2 Å². The summed E-state index contributed by atoms with van der Waals surface area (Å²) in [7, 11) is -2.98. The molecule has 25 heavy (non-hydrogen) atoms. The number of amides is 2. The quantitative estimate of drug-likeness (QED) is 0.862. The van der Waals surface area contributed by atoms with Crippen molar-refractivity contribution >= 4 is 21.6 Å². The van der Waals surface area contributed by atoms with Crippen molar-refractivity contribution < 1.29 is 17.9 Å². The summed E-state index contributed by atoms with van der Waals surface area (Å²) >= 11 is 0. The largest absolute Gasteiger partial charge is 0.492 e. The number of sulfone groups is 1. The van der Waals surface area contributed by atoms with E-state index in [1.165, 1.54) is 0 Å². The Morgan fingerprint density at radius 3 is 2.60 bits per heavy atom. The molecule has 2 aliphatic heterocycles. The van der Waals surface area contributed by atoms with Crippen molar-refractivity contribution in [2.45, 2.75) is 19.4 Å². The molecular weight excluding hydrogens is 342 g/mol. The molecule has 2 aliphatic rings. The van der Waals surface area contributed by atoms with Gasteiger partial charge in [0.1, 0.15) is 5.75 Å². The van der Waals surface area contributed by atoms with Gasteiger partial charge in [-0.15, -0.1) is 0 Å². The van der Waals surface area contributed by atoms with Crippen molar-refractivity contribution in [1.82, 2.24) is 10.2 Å². The summed E-state index contributed by atoms with van der Waals surface area (Å²) in [6.07, 6.45) is 0.510. The van der Waals surface area contributed by atoms with Gasteiger partial charge in [-0.1, -0.05) is 12.1 Å². The summed E-state index contributed by atoms with van der Waals surface area (Å²) in [5.74, 6) is 1.08. The lowest BCUT2D eigenvalue weighted by atomic mass is 10.2. The lowest BCUT2D eigenvalue weighted by Gasteiger charge is -2.37. The molecule has 7 nitrogen and oxygen atoms in total. The van der Waals surface area contributed by atoms with Gasteiger partial charge in [-0.25, -0.2) is 13.2 Å². The standard InChI is InChI=1S/C17H25N3O4S/c1-2-24-16-6-4-3-5-15(16)19-8-10-20(11-9-19)17(21)18-14-7-12-25(22,23)13-14/h3-6,14H,2,7-13H2,1H3,(H,18,21). The van der Waals surface area contributed by atoms with Crippen LogP contribution in [-0.4, -0.2) is 69.7 Å². The first-order valence-electron chi connectivity index (χ1n) is 8.71. The average Bonchev–Trinajstić information content (AvgIpc) is 2.94. The summed E-state index contributed by atoms with van der Waals surface area (Å²) < 4.78 is 28.7. The maximum Gasteiger partial charge on any atom is 0.317 e. The zero-order chi connectivity index (χ0) is 17.9. The average molecular weight is 367 g/mol. The molecule has 0 aromatic heterocycles. The number of rotatable bonds is 4. The Kier molecular flexibility index (Phi) is 5.36. The molecule has 0 bridgehead atoms. The summed E-state index contributed by atoms with van der Waals surface area (Å²) in [6.45, 7) is 5.23. The van der Waals surface area contributed by atoms with E-state index in [-0.39, 0.29) is 23.6 Å². The van der Waals surface area contributed by atoms with Gasteiger partial charge in [0.05, 0.1) is 23.8 Å². The van der Waals surface area contributed by atoms with Gasteiger partial charge in [0.25, 0.3) is 0 Å². The van der Waals surface area contributed by atoms with E-state index >= 15 is 0 Å². The summed E-state index contributed by atoms with van der Waals surface area (Å²) in [4.78, 5) is 16.3. The first-order valence-corrected chi connectivity index (χ1v) is 10.5. The number of anilines is 1. The highest BCUT2D eigenvalue weighted by Crippen LogP contribution is 2.28. The molecular formula is C17H25N3O4S. The van der Waals surface area contributed by atoms with Gasteiger partial charge in [-0.2, -0.15) is 0 Å². The van der Waals surface area contributed by atoms with E-state index in [1.54, 1.807) is 4.90 Å². The molecule has 138 valence electrons. The third-order valence-corrected chi connectivity index (χ3v) is 6.40. The van der Waals surface area contributed by atoms with Crippen LogP contribution in [0.25, 0.3) is 0 Å². The third-order valence-electron chi connectivity index (χ3n) is 4.63. The predicted octanol–water partition coefficient (Wildman–Crippen LogP) is 1.10. The van der Waals surface area contributed by atoms with Crippen molar-refractivity contribution in [1.29, 1.82) is 0 Å². The maximum absolute atomic E-state index is 12.4. The Balaban J connectivity index is 1.54. The molecule has 0 aliphatic carbocycles. The molecule has 1 aromatic carbocycles. The molecule has 2 amide bonds. The van der Waals surface area contributed by atoms with Gasteiger partial charge in [-0.05, 0) is 25.5 Å². The Labute approximate surface area is 148 Å². The van der Waals surface area contributed by atoms with Crippen LogP contribution in [0.3, 0.4) is 0 Å². The molecule has 2 fully saturated rings. The number of ether oxygens (including phenoxy) is 1. The van der Waals surface area contributed by atoms with Crippen molar-refractivity contribution in [3.8, 4) is 5.75 Å². The number of para-hydroxylation sites is 2. The topological polar surface area (TPSA) is 79.0 Å². The van der Waals surface area contributed by atoms with E-state index in [9.17, 15) is 13.2 Å². The van der Waals surface area contributed by atoms with Crippen molar-refractivity contribution in [3.05, 3.63) is 24.3 Å². The first kappa shape index (κ1) is 17.8. The van der Waals surface area contributed by atoms with Crippen LogP contribution in [0.1, 0.15) is 13.3 Å². The molecule has 0 spiro atoms. The number of carbonyl (C=O) groups is 1. The lowest BCUT2D eigenvalue weighted by molar-refractivity contribution is 0.191. The summed E-state index contributed by atoms with van der Waals surface area (Å²) in [5.41, 5.74) is 1.05. The van der Waals surface area contributed by atoms with E-state index in [2.05, 4.69) is 10.2 Å². The smallest absolute Gasteiger partial charge is 0.317 e. The highest BCUT2D eigenvalue weighted by molar-refractivity contribution is 7.91. The molecule has 8 heteroatoms. The minimum atomic E-state index is -2.98. The molecule has 3 rings (SSSR count). The number of urea groups is 1. The molecule has 2 saturated heterocycles. The van der Waals surface area contributed by atoms with Crippen molar-refractivity contribution in [2.75, 3.05) is 49.2 Å². The van der Waals surface area contributed by atoms with Crippen LogP contribution >= 0.6 is 0 Å². The number of nitrogens with zero attached hydrogens (tertiary/aromatic N) is 2. The SMILES string of the molecule is CCOc1ccccc1N1CCN(C(=O)NC2CCS(=O)(=O)C2)CC1. The number of hydrogen-bond donors (Lipinski definition) is 1. The zero-order valence-electron chi connectivity index (χ0n) is 14.5. The van der Waals surface area contributed by atoms with Crippen molar-refractivity contribution in [2.24, 2.45) is 0 Å². The first-order chi connectivity index (χ1) is 12.0.